The molecule has 0 saturated carbocycles. The number of rotatable bonds is 2. The Labute approximate surface area is 59.9 Å². The fraction of sp³-hybridized carbons (Fsp3) is 0. The number of oxazole rings is 1. The van der Waals surface area contributed by atoms with Crippen LogP contribution in [0.25, 0.3) is 6.08 Å². The molecule has 0 spiro atoms. The van der Waals surface area contributed by atoms with Gasteiger partial charge in [0.05, 0.1) is 6.20 Å². The number of nitrogens with zero attached hydrogens (tertiary/aromatic N) is 1. The molecule has 0 N–H and O–H groups in total. The standard InChI is InChI=1S/C8H8NO/c1-2-3-4-5-8-9-6-7-10-8/h2-7H,1H2/b3-2+,5-4+. The van der Waals surface area contributed by atoms with Crippen LogP contribution in [0.4, 0.5) is 0 Å². The molecule has 51 valence electrons. The van der Waals surface area contributed by atoms with Crippen molar-refractivity contribution in [1.82, 2.24) is 4.98 Å². The van der Waals surface area contributed by atoms with Gasteiger partial charge >= 0.3 is 0 Å². The lowest BCUT2D eigenvalue weighted by Gasteiger charge is -1.76. The van der Waals surface area contributed by atoms with E-state index in [2.05, 4.69) is 11.9 Å². The molecule has 0 atom stereocenters. The largest absolute Gasteiger partial charge is 0.445 e. The van der Waals surface area contributed by atoms with Crippen molar-refractivity contribution >= 4 is 6.08 Å². The highest BCUT2D eigenvalue weighted by Crippen LogP contribution is 1.96. The van der Waals surface area contributed by atoms with Gasteiger partial charge < -0.3 is 4.42 Å². The highest BCUT2D eigenvalue weighted by Gasteiger charge is 1.84. The first-order valence-corrected chi connectivity index (χ1v) is 2.95. The predicted molar refractivity (Wildman–Crippen MR) is 40.0 cm³/mol. The molecule has 0 unspecified atom stereocenters. The summed E-state index contributed by atoms with van der Waals surface area (Å²) >= 11 is 0. The summed E-state index contributed by atoms with van der Waals surface area (Å²) in [4.78, 5) is 3.88. The Bertz CT molecular complexity index is 221. The number of hydrogen-bond donors (Lipinski definition) is 0. The Hall–Kier alpha value is -1.31. The average Bonchev–Trinajstić information content (AvgIpc) is 2.41. The van der Waals surface area contributed by atoms with Crippen molar-refractivity contribution < 1.29 is 4.42 Å². The zero-order valence-electron chi connectivity index (χ0n) is 5.53. The summed E-state index contributed by atoms with van der Waals surface area (Å²) in [5, 5.41) is 0. The molecule has 0 aliphatic heterocycles. The Morgan fingerprint density at radius 1 is 1.50 bits per heavy atom. The highest BCUT2D eigenvalue weighted by molar-refractivity contribution is 5.40. The van der Waals surface area contributed by atoms with Crippen LogP contribution < -0.4 is 0 Å². The summed E-state index contributed by atoms with van der Waals surface area (Å²) in [6.07, 6.45) is 10.2. The van der Waals surface area contributed by atoms with E-state index in [0.29, 0.717) is 5.89 Å². The van der Waals surface area contributed by atoms with E-state index in [1.165, 1.54) is 6.26 Å². The van der Waals surface area contributed by atoms with Gasteiger partial charge in [0, 0.05) is 6.08 Å². The van der Waals surface area contributed by atoms with E-state index in [-0.39, 0.29) is 0 Å². The summed E-state index contributed by atoms with van der Waals surface area (Å²) in [6, 6.07) is 0. The first-order valence-electron chi connectivity index (χ1n) is 2.95. The zero-order chi connectivity index (χ0) is 7.23. The second kappa shape index (κ2) is 3.67. The lowest BCUT2D eigenvalue weighted by atomic mass is 10.4. The van der Waals surface area contributed by atoms with E-state index in [4.69, 9.17) is 4.42 Å². The summed E-state index contributed by atoms with van der Waals surface area (Å²) in [5.74, 6) is 0.609. The lowest BCUT2D eigenvalue weighted by molar-refractivity contribution is 0.546. The fourth-order valence-corrected chi connectivity index (χ4v) is 0.533. The lowest BCUT2D eigenvalue weighted by Crippen LogP contribution is -1.64. The average molecular weight is 134 g/mol. The third kappa shape index (κ3) is 1.90. The molecule has 1 radical (unpaired) electrons. The zero-order valence-corrected chi connectivity index (χ0v) is 5.53. The van der Waals surface area contributed by atoms with Crippen molar-refractivity contribution in [1.29, 1.82) is 0 Å². The molecule has 0 bridgehead atoms. The van der Waals surface area contributed by atoms with Crippen LogP contribution in [-0.4, -0.2) is 4.98 Å². The molecule has 10 heavy (non-hydrogen) atoms. The smallest absolute Gasteiger partial charge is 0.218 e. The molecule has 0 aliphatic rings. The second-order valence-electron chi connectivity index (χ2n) is 1.66. The minimum absolute atomic E-state index is 0.609. The van der Waals surface area contributed by atoms with E-state index in [1.807, 2.05) is 12.2 Å². The van der Waals surface area contributed by atoms with Crippen LogP contribution in [0.3, 0.4) is 0 Å². The molecule has 1 rings (SSSR count). The van der Waals surface area contributed by atoms with Gasteiger partial charge in [0.25, 0.3) is 0 Å². The van der Waals surface area contributed by atoms with E-state index >= 15 is 0 Å². The van der Waals surface area contributed by atoms with Crippen molar-refractivity contribution in [2.75, 3.05) is 0 Å². The maximum atomic E-state index is 4.93. The van der Waals surface area contributed by atoms with Crippen LogP contribution in [0.5, 0.6) is 0 Å². The molecule has 0 amide bonds. The van der Waals surface area contributed by atoms with Gasteiger partial charge in [0.2, 0.25) is 5.89 Å². The van der Waals surface area contributed by atoms with Crippen LogP contribution in [0.2, 0.25) is 0 Å². The van der Waals surface area contributed by atoms with Gasteiger partial charge in [-0.3, -0.25) is 0 Å². The predicted octanol–water partition coefficient (Wildman–Crippen LogP) is 2.08. The molecule has 0 aliphatic carbocycles. The first-order chi connectivity index (χ1) is 4.93. The van der Waals surface area contributed by atoms with Crippen LogP contribution >= 0.6 is 0 Å². The maximum Gasteiger partial charge on any atom is 0.218 e. The molecule has 0 aromatic carbocycles. The van der Waals surface area contributed by atoms with Gasteiger partial charge in [0.1, 0.15) is 6.26 Å². The van der Waals surface area contributed by atoms with Crippen LogP contribution in [0, 0.1) is 6.92 Å². The molecule has 1 aromatic rings. The molecule has 1 heterocycles. The van der Waals surface area contributed by atoms with E-state index < -0.39 is 0 Å². The Kier molecular flexibility index (Phi) is 2.49. The third-order valence-electron chi connectivity index (χ3n) is 0.937. The topological polar surface area (TPSA) is 26.0 Å². The van der Waals surface area contributed by atoms with E-state index in [1.54, 1.807) is 18.3 Å². The summed E-state index contributed by atoms with van der Waals surface area (Å²) < 4.78 is 4.93. The van der Waals surface area contributed by atoms with E-state index in [0.717, 1.165) is 0 Å². The Balaban J connectivity index is 2.55. The fourth-order valence-electron chi connectivity index (χ4n) is 0.533. The van der Waals surface area contributed by atoms with Crippen molar-refractivity contribution in [2.24, 2.45) is 0 Å². The number of hydrogen-bond acceptors (Lipinski definition) is 2. The van der Waals surface area contributed by atoms with Gasteiger partial charge in [-0.05, 0) is 6.92 Å². The van der Waals surface area contributed by atoms with Crippen molar-refractivity contribution in [3.63, 3.8) is 0 Å². The van der Waals surface area contributed by atoms with Crippen LogP contribution in [0.15, 0.2) is 35.1 Å². The second-order valence-corrected chi connectivity index (χ2v) is 1.66. The molecule has 0 saturated heterocycles. The highest BCUT2D eigenvalue weighted by atomic mass is 16.3. The van der Waals surface area contributed by atoms with Gasteiger partial charge in [-0.15, -0.1) is 0 Å². The molecule has 0 fully saturated rings. The quantitative estimate of drug-likeness (QED) is 0.579. The van der Waals surface area contributed by atoms with Gasteiger partial charge in [-0.25, -0.2) is 4.98 Å². The maximum absolute atomic E-state index is 4.93. The third-order valence-corrected chi connectivity index (χ3v) is 0.937. The van der Waals surface area contributed by atoms with Crippen molar-refractivity contribution in [3.05, 3.63) is 43.5 Å². The van der Waals surface area contributed by atoms with Crippen LogP contribution in [0.1, 0.15) is 5.89 Å². The summed E-state index contributed by atoms with van der Waals surface area (Å²) in [5.41, 5.74) is 0. The molecular formula is C8H8NO. The normalized spacial score (nSPS) is 11.7. The minimum Gasteiger partial charge on any atom is -0.445 e. The molecule has 1 aromatic heterocycles. The minimum atomic E-state index is 0.609. The van der Waals surface area contributed by atoms with Crippen LogP contribution in [-0.2, 0) is 0 Å². The molecule has 2 nitrogen and oxygen atoms in total. The molecular weight excluding hydrogens is 126 g/mol. The number of allylic oxidation sites excluding steroid dienone is 3. The van der Waals surface area contributed by atoms with Crippen molar-refractivity contribution in [2.45, 2.75) is 0 Å². The molecule has 2 heteroatoms. The number of aromatic nitrogens is 1. The SMILES string of the molecule is [CH2]/C=C/C=C/c1ncco1. The van der Waals surface area contributed by atoms with Gasteiger partial charge in [-0.1, -0.05) is 18.2 Å². The summed E-state index contributed by atoms with van der Waals surface area (Å²) in [6.45, 7) is 3.52. The summed E-state index contributed by atoms with van der Waals surface area (Å²) in [7, 11) is 0. The first kappa shape index (κ1) is 6.81. The van der Waals surface area contributed by atoms with Gasteiger partial charge in [-0.2, -0.15) is 0 Å². The monoisotopic (exact) mass is 134 g/mol. The van der Waals surface area contributed by atoms with Crippen molar-refractivity contribution in [3.8, 4) is 0 Å². The van der Waals surface area contributed by atoms with Gasteiger partial charge in [0.15, 0.2) is 0 Å². The Morgan fingerprint density at radius 2 is 2.40 bits per heavy atom. The Morgan fingerprint density at radius 3 is 3.00 bits per heavy atom. The van der Waals surface area contributed by atoms with E-state index in [9.17, 15) is 0 Å².